The number of benzene rings is 2. The highest BCUT2D eigenvalue weighted by molar-refractivity contribution is 6.09. The number of aromatic hydroxyl groups is 1. The van der Waals surface area contributed by atoms with Crippen LogP contribution in [0.5, 0.6) is 5.75 Å². The van der Waals surface area contributed by atoms with E-state index in [-0.39, 0.29) is 11.3 Å². The fraction of sp³-hybridized carbons (Fsp3) is 0.188. The van der Waals surface area contributed by atoms with Crippen LogP contribution >= 0.6 is 0 Å². The summed E-state index contributed by atoms with van der Waals surface area (Å²) in [5.74, 6) is -1.38. The van der Waals surface area contributed by atoms with Gasteiger partial charge in [-0.05, 0) is 30.7 Å². The zero-order chi connectivity index (χ0) is 15.4. The van der Waals surface area contributed by atoms with Crippen LogP contribution in [-0.4, -0.2) is 17.6 Å². The largest absolute Gasteiger partial charge is 0.507 e. The van der Waals surface area contributed by atoms with Crippen molar-refractivity contribution in [1.82, 2.24) is 0 Å². The molecule has 0 aliphatic carbocycles. The normalized spacial score (nSPS) is 10.4. The molecule has 4 nitrogen and oxygen atoms in total. The van der Waals surface area contributed by atoms with Gasteiger partial charge in [0.25, 0.3) is 5.91 Å². The van der Waals surface area contributed by atoms with E-state index in [4.69, 9.17) is 5.73 Å². The number of halogens is 1. The molecule has 0 saturated heterocycles. The van der Waals surface area contributed by atoms with Gasteiger partial charge in [0.1, 0.15) is 11.6 Å². The first kappa shape index (κ1) is 14.8. The van der Waals surface area contributed by atoms with E-state index in [0.717, 1.165) is 18.6 Å². The van der Waals surface area contributed by atoms with E-state index in [1.54, 1.807) is 24.3 Å². The predicted octanol–water partition coefficient (Wildman–Crippen LogP) is 3.17. The van der Waals surface area contributed by atoms with Gasteiger partial charge >= 0.3 is 0 Å². The van der Waals surface area contributed by atoms with Gasteiger partial charge in [0.2, 0.25) is 0 Å². The van der Waals surface area contributed by atoms with E-state index in [1.165, 1.54) is 11.0 Å². The molecular weight excluding hydrogens is 271 g/mol. The maximum atomic E-state index is 13.0. The fourth-order valence-electron chi connectivity index (χ4n) is 2.12. The van der Waals surface area contributed by atoms with E-state index in [9.17, 15) is 14.3 Å². The van der Waals surface area contributed by atoms with Gasteiger partial charge in [0.15, 0.2) is 0 Å². The molecule has 0 fully saturated rings. The molecule has 3 N–H and O–H groups in total. The van der Waals surface area contributed by atoms with E-state index in [1.807, 2.05) is 6.92 Å². The Kier molecular flexibility index (Phi) is 4.42. The summed E-state index contributed by atoms with van der Waals surface area (Å²) < 4.78 is 13.0. The Balaban J connectivity index is 2.43. The minimum Gasteiger partial charge on any atom is -0.507 e. The lowest BCUT2D eigenvalue weighted by Crippen LogP contribution is -2.32. The van der Waals surface area contributed by atoms with Crippen LogP contribution in [0.2, 0.25) is 0 Å². The van der Waals surface area contributed by atoms with E-state index in [2.05, 4.69) is 0 Å². The second kappa shape index (κ2) is 6.26. The molecule has 0 aliphatic rings. The molecule has 0 aromatic heterocycles. The minimum absolute atomic E-state index is 0.0492. The van der Waals surface area contributed by atoms with Gasteiger partial charge < -0.3 is 15.7 Å². The standard InChI is InChI=1S/C16H17FN2O2/c1-2-9-19(14-6-4-3-5-13(14)18)16(21)12-8-7-11(17)10-15(12)20/h3-8,10,20H,2,9,18H2,1H3. The Bertz CT molecular complexity index is 658. The monoisotopic (exact) mass is 288 g/mol. The van der Waals surface area contributed by atoms with Crippen molar-refractivity contribution in [2.24, 2.45) is 0 Å². The molecule has 2 rings (SSSR count). The Morgan fingerprint density at radius 2 is 2.00 bits per heavy atom. The van der Waals surface area contributed by atoms with Crippen LogP contribution in [0.4, 0.5) is 15.8 Å². The van der Waals surface area contributed by atoms with E-state index < -0.39 is 11.7 Å². The number of hydrogen-bond donors (Lipinski definition) is 2. The Morgan fingerprint density at radius 1 is 1.29 bits per heavy atom. The number of nitrogen functional groups attached to an aromatic ring is 1. The van der Waals surface area contributed by atoms with Crippen molar-refractivity contribution >= 4 is 17.3 Å². The Hall–Kier alpha value is -2.56. The molecule has 0 bridgehead atoms. The zero-order valence-electron chi connectivity index (χ0n) is 11.7. The summed E-state index contributed by atoms with van der Waals surface area (Å²) in [4.78, 5) is 14.1. The quantitative estimate of drug-likeness (QED) is 0.849. The predicted molar refractivity (Wildman–Crippen MR) is 80.9 cm³/mol. The minimum atomic E-state index is -0.592. The van der Waals surface area contributed by atoms with Crippen LogP contribution in [0, 0.1) is 5.82 Å². The highest BCUT2D eigenvalue weighted by Crippen LogP contribution is 2.27. The van der Waals surface area contributed by atoms with Crippen molar-refractivity contribution in [1.29, 1.82) is 0 Å². The lowest BCUT2D eigenvalue weighted by atomic mass is 10.1. The number of nitrogens with zero attached hydrogens (tertiary/aromatic N) is 1. The fourth-order valence-corrected chi connectivity index (χ4v) is 2.12. The number of amides is 1. The summed E-state index contributed by atoms with van der Waals surface area (Å²) in [6, 6.07) is 10.3. The molecule has 5 heteroatoms. The number of carbonyl (C=O) groups is 1. The molecule has 0 unspecified atom stereocenters. The lowest BCUT2D eigenvalue weighted by Gasteiger charge is -2.24. The average molecular weight is 288 g/mol. The molecule has 0 heterocycles. The number of para-hydroxylation sites is 2. The van der Waals surface area contributed by atoms with Crippen molar-refractivity contribution in [3.05, 3.63) is 53.8 Å². The smallest absolute Gasteiger partial charge is 0.262 e. The van der Waals surface area contributed by atoms with Gasteiger partial charge in [-0.15, -0.1) is 0 Å². The summed E-state index contributed by atoms with van der Waals surface area (Å²) in [5.41, 5.74) is 7.01. The highest BCUT2D eigenvalue weighted by atomic mass is 19.1. The van der Waals surface area contributed by atoms with Crippen LogP contribution in [0.3, 0.4) is 0 Å². The third-order valence-electron chi connectivity index (χ3n) is 3.11. The number of carbonyl (C=O) groups excluding carboxylic acids is 1. The molecular formula is C16H17FN2O2. The maximum Gasteiger partial charge on any atom is 0.262 e. The first-order valence-corrected chi connectivity index (χ1v) is 6.69. The molecule has 0 aliphatic heterocycles. The van der Waals surface area contributed by atoms with E-state index in [0.29, 0.717) is 17.9 Å². The Labute approximate surface area is 122 Å². The molecule has 21 heavy (non-hydrogen) atoms. The number of phenolic OH excluding ortho intramolecular Hbond substituents is 1. The SMILES string of the molecule is CCCN(C(=O)c1ccc(F)cc1O)c1ccccc1N. The molecule has 0 atom stereocenters. The number of phenols is 1. The van der Waals surface area contributed by atoms with Crippen LogP contribution < -0.4 is 10.6 Å². The van der Waals surface area contributed by atoms with Crippen LogP contribution in [0.25, 0.3) is 0 Å². The lowest BCUT2D eigenvalue weighted by molar-refractivity contribution is 0.0984. The van der Waals surface area contributed by atoms with Crippen molar-refractivity contribution in [3.8, 4) is 5.75 Å². The van der Waals surface area contributed by atoms with E-state index >= 15 is 0 Å². The van der Waals surface area contributed by atoms with Crippen molar-refractivity contribution in [2.45, 2.75) is 13.3 Å². The van der Waals surface area contributed by atoms with Crippen molar-refractivity contribution < 1.29 is 14.3 Å². The number of hydrogen-bond acceptors (Lipinski definition) is 3. The molecule has 0 radical (unpaired) electrons. The van der Waals surface area contributed by atoms with Crippen LogP contribution in [0.1, 0.15) is 23.7 Å². The Morgan fingerprint density at radius 3 is 2.62 bits per heavy atom. The molecule has 0 saturated carbocycles. The highest BCUT2D eigenvalue weighted by Gasteiger charge is 2.21. The second-order valence-corrected chi connectivity index (χ2v) is 4.68. The van der Waals surface area contributed by atoms with Crippen LogP contribution in [-0.2, 0) is 0 Å². The van der Waals surface area contributed by atoms with Gasteiger partial charge in [-0.25, -0.2) is 4.39 Å². The summed E-state index contributed by atoms with van der Waals surface area (Å²) in [6.45, 7) is 2.38. The van der Waals surface area contributed by atoms with Gasteiger partial charge in [0.05, 0.1) is 16.9 Å². The second-order valence-electron chi connectivity index (χ2n) is 4.68. The first-order chi connectivity index (χ1) is 10.0. The zero-order valence-corrected chi connectivity index (χ0v) is 11.7. The van der Waals surface area contributed by atoms with Gasteiger partial charge in [-0.3, -0.25) is 4.79 Å². The van der Waals surface area contributed by atoms with Crippen LogP contribution in [0.15, 0.2) is 42.5 Å². The summed E-state index contributed by atoms with van der Waals surface area (Å²) in [7, 11) is 0. The molecule has 2 aromatic rings. The average Bonchev–Trinajstić information content (AvgIpc) is 2.45. The van der Waals surface area contributed by atoms with Gasteiger partial charge in [0, 0.05) is 12.6 Å². The molecule has 2 aromatic carbocycles. The summed E-state index contributed by atoms with van der Waals surface area (Å²) in [5, 5.41) is 9.78. The molecule has 1 amide bonds. The summed E-state index contributed by atoms with van der Waals surface area (Å²) >= 11 is 0. The van der Waals surface area contributed by atoms with Crippen molar-refractivity contribution in [2.75, 3.05) is 17.2 Å². The molecule has 0 spiro atoms. The third-order valence-corrected chi connectivity index (χ3v) is 3.11. The first-order valence-electron chi connectivity index (χ1n) is 6.69. The third kappa shape index (κ3) is 3.13. The number of rotatable bonds is 4. The van der Waals surface area contributed by atoms with Gasteiger partial charge in [-0.1, -0.05) is 19.1 Å². The summed E-state index contributed by atoms with van der Waals surface area (Å²) in [6.07, 6.45) is 0.724. The number of nitrogens with two attached hydrogens (primary N) is 1. The maximum absolute atomic E-state index is 13.0. The number of anilines is 2. The van der Waals surface area contributed by atoms with Gasteiger partial charge in [-0.2, -0.15) is 0 Å². The van der Waals surface area contributed by atoms with Crippen molar-refractivity contribution in [3.63, 3.8) is 0 Å². The topological polar surface area (TPSA) is 66.6 Å². The molecule has 110 valence electrons.